The normalized spacial score (nSPS) is 13.7. The molecule has 0 spiro atoms. The lowest BCUT2D eigenvalue weighted by atomic mass is 9.91. The zero-order chi connectivity index (χ0) is 21.6. The second-order valence-electron chi connectivity index (χ2n) is 8.05. The van der Waals surface area contributed by atoms with Crippen molar-refractivity contribution in [2.75, 3.05) is 12.3 Å². The Kier molecular flexibility index (Phi) is 4.78. The van der Waals surface area contributed by atoms with Crippen LogP contribution in [-0.2, 0) is 12.0 Å². The summed E-state index contributed by atoms with van der Waals surface area (Å²) in [6.45, 7) is 3.92. The Hall–Kier alpha value is -3.32. The van der Waals surface area contributed by atoms with Crippen molar-refractivity contribution < 1.29 is 13.6 Å². The molecule has 1 aliphatic heterocycles. The lowest BCUT2D eigenvalue weighted by molar-refractivity contribution is 0.0946. The van der Waals surface area contributed by atoms with Crippen molar-refractivity contribution in [3.8, 4) is 22.3 Å². The minimum atomic E-state index is -0.931. The first-order valence-electron chi connectivity index (χ1n) is 9.62. The number of aromatic nitrogens is 1. The van der Waals surface area contributed by atoms with Crippen LogP contribution in [0.15, 0.2) is 42.5 Å². The van der Waals surface area contributed by atoms with Crippen molar-refractivity contribution in [3.63, 3.8) is 0 Å². The van der Waals surface area contributed by atoms with Gasteiger partial charge in [0.1, 0.15) is 11.6 Å². The standard InChI is InChI=1S/C23H22F2N4O/c1-23(2,27)18-10-13(4-6-19(18)24)16-11-17(21(26)29-20(16)25)12-3-5-15-14(9-12)7-8-28-22(15)30/h3-6,9-11H,7-8,27H2,1-2H3,(H2,26,29)(H,28,30). The average Bonchev–Trinajstić information content (AvgIpc) is 2.68. The first-order valence-corrected chi connectivity index (χ1v) is 9.62. The molecule has 0 saturated heterocycles. The van der Waals surface area contributed by atoms with Crippen LogP contribution < -0.4 is 16.8 Å². The van der Waals surface area contributed by atoms with E-state index in [2.05, 4.69) is 10.3 Å². The van der Waals surface area contributed by atoms with Gasteiger partial charge in [0.15, 0.2) is 0 Å². The van der Waals surface area contributed by atoms with Gasteiger partial charge in [-0.2, -0.15) is 4.39 Å². The molecular weight excluding hydrogens is 386 g/mol. The Labute approximate surface area is 173 Å². The van der Waals surface area contributed by atoms with Crippen molar-refractivity contribution in [3.05, 3.63) is 70.9 Å². The van der Waals surface area contributed by atoms with E-state index in [0.717, 1.165) is 11.1 Å². The minimum absolute atomic E-state index is 0.0398. The second kappa shape index (κ2) is 7.18. The topological polar surface area (TPSA) is 94.0 Å². The van der Waals surface area contributed by atoms with E-state index in [0.29, 0.717) is 29.7 Å². The van der Waals surface area contributed by atoms with E-state index in [4.69, 9.17) is 11.5 Å². The predicted octanol–water partition coefficient (Wildman–Crippen LogP) is 3.76. The van der Waals surface area contributed by atoms with Gasteiger partial charge < -0.3 is 16.8 Å². The summed E-state index contributed by atoms with van der Waals surface area (Å²) in [7, 11) is 0. The molecule has 5 N–H and O–H groups in total. The number of nitrogens with zero attached hydrogens (tertiary/aromatic N) is 1. The molecule has 0 unspecified atom stereocenters. The largest absolute Gasteiger partial charge is 0.383 e. The molecule has 3 aromatic rings. The number of nitrogen functional groups attached to an aromatic ring is 1. The van der Waals surface area contributed by atoms with E-state index < -0.39 is 17.3 Å². The van der Waals surface area contributed by atoms with E-state index in [1.165, 1.54) is 18.2 Å². The third kappa shape index (κ3) is 3.52. The highest BCUT2D eigenvalue weighted by molar-refractivity contribution is 5.97. The van der Waals surface area contributed by atoms with Crippen molar-refractivity contribution in [2.24, 2.45) is 5.73 Å². The van der Waals surface area contributed by atoms with Gasteiger partial charge in [-0.25, -0.2) is 9.37 Å². The number of hydrogen-bond acceptors (Lipinski definition) is 4. The summed E-state index contributed by atoms with van der Waals surface area (Å²) in [5.74, 6) is -1.28. The van der Waals surface area contributed by atoms with Crippen molar-refractivity contribution in [1.29, 1.82) is 0 Å². The van der Waals surface area contributed by atoms with Gasteiger partial charge in [0.2, 0.25) is 5.95 Å². The van der Waals surface area contributed by atoms with Gasteiger partial charge in [-0.15, -0.1) is 0 Å². The predicted molar refractivity (Wildman–Crippen MR) is 113 cm³/mol. The zero-order valence-corrected chi connectivity index (χ0v) is 16.7. The smallest absolute Gasteiger partial charge is 0.251 e. The van der Waals surface area contributed by atoms with Crippen molar-refractivity contribution >= 4 is 11.7 Å². The molecule has 1 aromatic heterocycles. The Morgan fingerprint density at radius 2 is 1.70 bits per heavy atom. The number of amides is 1. The van der Waals surface area contributed by atoms with Crippen LogP contribution in [0.1, 0.15) is 35.3 Å². The fourth-order valence-electron chi connectivity index (χ4n) is 3.72. The Morgan fingerprint density at radius 3 is 2.43 bits per heavy atom. The summed E-state index contributed by atoms with van der Waals surface area (Å²) in [4.78, 5) is 15.9. The molecule has 4 rings (SSSR count). The maximum absolute atomic E-state index is 14.7. The van der Waals surface area contributed by atoms with Crippen LogP contribution in [0.3, 0.4) is 0 Å². The maximum atomic E-state index is 14.7. The number of anilines is 1. The fourth-order valence-corrected chi connectivity index (χ4v) is 3.72. The first kappa shape index (κ1) is 20.0. The monoisotopic (exact) mass is 408 g/mol. The Balaban J connectivity index is 1.84. The number of carbonyl (C=O) groups is 1. The van der Waals surface area contributed by atoms with Gasteiger partial charge in [0, 0.05) is 34.3 Å². The van der Waals surface area contributed by atoms with Gasteiger partial charge >= 0.3 is 0 Å². The molecule has 1 aliphatic rings. The summed E-state index contributed by atoms with van der Waals surface area (Å²) < 4.78 is 29.0. The molecule has 7 heteroatoms. The van der Waals surface area contributed by atoms with Crippen LogP contribution in [0, 0.1) is 11.8 Å². The Morgan fingerprint density at radius 1 is 1.00 bits per heavy atom. The van der Waals surface area contributed by atoms with E-state index in [-0.39, 0.29) is 22.9 Å². The van der Waals surface area contributed by atoms with Crippen LogP contribution in [0.4, 0.5) is 14.6 Å². The molecule has 2 aromatic carbocycles. The number of nitrogens with one attached hydrogen (secondary N) is 1. The summed E-state index contributed by atoms with van der Waals surface area (Å²) in [5, 5.41) is 2.80. The van der Waals surface area contributed by atoms with E-state index in [1.54, 1.807) is 32.0 Å². The van der Waals surface area contributed by atoms with E-state index in [1.807, 2.05) is 6.07 Å². The Bertz CT molecular complexity index is 1170. The SMILES string of the molecule is CC(C)(N)c1cc(-c2cc(-c3ccc4c(c3)CCNC4=O)c(N)nc2F)ccc1F. The van der Waals surface area contributed by atoms with Gasteiger partial charge in [0.25, 0.3) is 5.91 Å². The lowest BCUT2D eigenvalue weighted by Crippen LogP contribution is -2.31. The highest BCUT2D eigenvalue weighted by Crippen LogP contribution is 2.34. The molecular formula is C23H22F2N4O. The number of halogens is 2. The highest BCUT2D eigenvalue weighted by atomic mass is 19.1. The summed E-state index contributed by atoms with van der Waals surface area (Å²) in [5.41, 5.74) is 14.9. The summed E-state index contributed by atoms with van der Waals surface area (Å²) in [6, 6.07) is 11.3. The molecule has 0 aliphatic carbocycles. The average molecular weight is 408 g/mol. The second-order valence-corrected chi connectivity index (χ2v) is 8.05. The van der Waals surface area contributed by atoms with E-state index in [9.17, 15) is 13.6 Å². The van der Waals surface area contributed by atoms with Crippen LogP contribution in [-0.4, -0.2) is 17.4 Å². The number of rotatable bonds is 3. The summed E-state index contributed by atoms with van der Waals surface area (Å²) >= 11 is 0. The summed E-state index contributed by atoms with van der Waals surface area (Å²) in [6.07, 6.45) is 0.698. The maximum Gasteiger partial charge on any atom is 0.251 e. The number of fused-ring (bicyclic) bond motifs is 1. The molecule has 154 valence electrons. The molecule has 0 saturated carbocycles. The van der Waals surface area contributed by atoms with Crippen molar-refractivity contribution in [1.82, 2.24) is 10.3 Å². The van der Waals surface area contributed by atoms with Crippen LogP contribution in [0.25, 0.3) is 22.3 Å². The highest BCUT2D eigenvalue weighted by Gasteiger charge is 2.22. The lowest BCUT2D eigenvalue weighted by Gasteiger charge is -2.21. The van der Waals surface area contributed by atoms with Gasteiger partial charge in [-0.1, -0.05) is 18.2 Å². The molecule has 0 fully saturated rings. The molecule has 2 heterocycles. The zero-order valence-electron chi connectivity index (χ0n) is 16.7. The van der Waals surface area contributed by atoms with Crippen molar-refractivity contribution in [2.45, 2.75) is 25.8 Å². The molecule has 0 radical (unpaired) electrons. The minimum Gasteiger partial charge on any atom is -0.383 e. The van der Waals surface area contributed by atoms with Gasteiger partial charge in [0.05, 0.1) is 0 Å². The molecule has 0 bridgehead atoms. The number of pyridine rings is 1. The quantitative estimate of drug-likeness (QED) is 0.575. The number of hydrogen-bond donors (Lipinski definition) is 3. The van der Waals surface area contributed by atoms with Gasteiger partial charge in [-0.3, -0.25) is 4.79 Å². The van der Waals surface area contributed by atoms with E-state index >= 15 is 0 Å². The first-order chi connectivity index (χ1) is 14.1. The number of nitrogens with two attached hydrogens (primary N) is 2. The third-order valence-electron chi connectivity index (χ3n) is 5.32. The van der Waals surface area contributed by atoms with Crippen LogP contribution in [0.5, 0.6) is 0 Å². The van der Waals surface area contributed by atoms with Gasteiger partial charge in [-0.05, 0) is 61.2 Å². The molecule has 5 nitrogen and oxygen atoms in total. The number of carbonyl (C=O) groups excluding carboxylic acids is 1. The van der Waals surface area contributed by atoms with Crippen LogP contribution in [0.2, 0.25) is 0 Å². The van der Waals surface area contributed by atoms with Crippen LogP contribution >= 0.6 is 0 Å². The number of benzene rings is 2. The molecule has 30 heavy (non-hydrogen) atoms. The molecule has 0 atom stereocenters. The fraction of sp³-hybridized carbons (Fsp3) is 0.217. The molecule has 1 amide bonds. The third-order valence-corrected chi connectivity index (χ3v) is 5.32.